The lowest BCUT2D eigenvalue weighted by molar-refractivity contribution is -0.132. The number of rotatable bonds is 8. The molecule has 0 spiro atoms. The number of carbonyl (C=O) groups excluding carboxylic acids is 1. The van der Waals surface area contributed by atoms with Crippen LogP contribution in [0.5, 0.6) is 0 Å². The maximum Gasteiger partial charge on any atom is 0.222 e. The van der Waals surface area contributed by atoms with E-state index in [1.54, 1.807) is 7.11 Å². The minimum Gasteiger partial charge on any atom is -0.409 e. The van der Waals surface area contributed by atoms with Gasteiger partial charge in [0, 0.05) is 32.5 Å². The van der Waals surface area contributed by atoms with Gasteiger partial charge in [0.1, 0.15) is 5.84 Å². The van der Waals surface area contributed by atoms with Gasteiger partial charge in [0.2, 0.25) is 5.91 Å². The fourth-order valence-corrected chi connectivity index (χ4v) is 1.77. The summed E-state index contributed by atoms with van der Waals surface area (Å²) in [4.78, 5) is 13.9. The van der Waals surface area contributed by atoms with Gasteiger partial charge < -0.3 is 20.6 Å². The van der Waals surface area contributed by atoms with Crippen LogP contribution in [-0.2, 0) is 9.53 Å². The minimum atomic E-state index is 0.0964. The number of methoxy groups -OCH3 is 1. The molecule has 1 saturated carbocycles. The van der Waals surface area contributed by atoms with Crippen LogP contribution in [-0.4, -0.2) is 47.7 Å². The molecule has 1 rings (SSSR count). The summed E-state index contributed by atoms with van der Waals surface area (Å²) < 4.78 is 5.13. The molecule has 104 valence electrons. The average molecular weight is 257 g/mol. The van der Waals surface area contributed by atoms with Gasteiger partial charge in [-0.15, -0.1) is 0 Å². The highest BCUT2D eigenvalue weighted by atomic mass is 16.5. The maximum atomic E-state index is 12.1. The molecule has 1 aliphatic carbocycles. The lowest BCUT2D eigenvalue weighted by Crippen LogP contribution is -2.36. The van der Waals surface area contributed by atoms with E-state index in [0.29, 0.717) is 25.4 Å². The standard InChI is InChI=1S/C12H23N3O3/c1-9(18-2)3-6-12(16)15(10-4-5-10)8-7-11(13)14-17/h9-10,17H,3-8H2,1-2H3,(H2,13,14). The molecule has 1 aliphatic rings. The molecule has 0 saturated heterocycles. The number of nitrogens with zero attached hydrogens (tertiary/aromatic N) is 2. The zero-order valence-corrected chi connectivity index (χ0v) is 11.1. The van der Waals surface area contributed by atoms with E-state index in [0.717, 1.165) is 19.3 Å². The van der Waals surface area contributed by atoms with E-state index in [1.165, 1.54) is 0 Å². The quantitative estimate of drug-likeness (QED) is 0.293. The Hall–Kier alpha value is -1.30. The molecule has 1 atom stereocenters. The average Bonchev–Trinajstić information content (AvgIpc) is 3.20. The van der Waals surface area contributed by atoms with E-state index in [9.17, 15) is 4.79 Å². The summed E-state index contributed by atoms with van der Waals surface area (Å²) in [6.07, 6.45) is 3.84. The summed E-state index contributed by atoms with van der Waals surface area (Å²) in [7, 11) is 1.65. The van der Waals surface area contributed by atoms with Gasteiger partial charge in [-0.1, -0.05) is 5.16 Å². The highest BCUT2D eigenvalue weighted by Gasteiger charge is 2.32. The van der Waals surface area contributed by atoms with Crippen molar-refractivity contribution in [3.63, 3.8) is 0 Å². The topological polar surface area (TPSA) is 88.2 Å². The fourth-order valence-electron chi connectivity index (χ4n) is 1.77. The molecule has 6 heteroatoms. The van der Waals surface area contributed by atoms with Crippen molar-refractivity contribution in [3.05, 3.63) is 0 Å². The van der Waals surface area contributed by atoms with Crippen LogP contribution >= 0.6 is 0 Å². The molecular formula is C12H23N3O3. The maximum absolute atomic E-state index is 12.1. The first kappa shape index (κ1) is 14.8. The van der Waals surface area contributed by atoms with E-state index in [1.807, 2.05) is 11.8 Å². The van der Waals surface area contributed by atoms with Crippen molar-refractivity contribution < 1.29 is 14.7 Å². The second-order valence-electron chi connectivity index (χ2n) is 4.74. The van der Waals surface area contributed by atoms with Crippen LogP contribution < -0.4 is 5.73 Å². The monoisotopic (exact) mass is 257 g/mol. The van der Waals surface area contributed by atoms with Crippen LogP contribution in [0.4, 0.5) is 0 Å². The zero-order valence-electron chi connectivity index (χ0n) is 11.1. The van der Waals surface area contributed by atoms with Gasteiger partial charge in [-0.05, 0) is 26.2 Å². The van der Waals surface area contributed by atoms with Gasteiger partial charge in [-0.25, -0.2) is 0 Å². The Morgan fingerprint density at radius 3 is 2.72 bits per heavy atom. The predicted molar refractivity (Wildman–Crippen MR) is 68.5 cm³/mol. The smallest absolute Gasteiger partial charge is 0.222 e. The number of amides is 1. The molecular weight excluding hydrogens is 234 g/mol. The highest BCUT2D eigenvalue weighted by Crippen LogP contribution is 2.27. The van der Waals surface area contributed by atoms with Crippen molar-refractivity contribution in [1.29, 1.82) is 0 Å². The molecule has 0 heterocycles. The molecule has 1 unspecified atom stereocenters. The molecule has 0 aromatic carbocycles. The lowest BCUT2D eigenvalue weighted by Gasteiger charge is -2.22. The molecule has 1 amide bonds. The van der Waals surface area contributed by atoms with Crippen LogP contribution in [0.25, 0.3) is 0 Å². The summed E-state index contributed by atoms with van der Waals surface area (Å²) >= 11 is 0. The first-order chi connectivity index (χ1) is 8.58. The second-order valence-corrected chi connectivity index (χ2v) is 4.74. The largest absolute Gasteiger partial charge is 0.409 e. The van der Waals surface area contributed by atoms with Crippen molar-refractivity contribution in [1.82, 2.24) is 4.90 Å². The molecule has 0 aromatic heterocycles. The predicted octanol–water partition coefficient (Wildman–Crippen LogP) is 0.929. The number of nitrogens with two attached hydrogens (primary N) is 1. The summed E-state index contributed by atoms with van der Waals surface area (Å²) in [6.45, 7) is 2.48. The van der Waals surface area contributed by atoms with Crippen LogP contribution in [0.15, 0.2) is 5.16 Å². The number of hydrogen-bond donors (Lipinski definition) is 2. The highest BCUT2D eigenvalue weighted by molar-refractivity contribution is 5.81. The van der Waals surface area contributed by atoms with E-state index in [4.69, 9.17) is 15.7 Å². The Balaban J connectivity index is 2.38. The summed E-state index contributed by atoms with van der Waals surface area (Å²) in [5.74, 6) is 0.297. The van der Waals surface area contributed by atoms with Gasteiger partial charge in [-0.2, -0.15) is 0 Å². The Kier molecular flexibility index (Phi) is 5.91. The van der Waals surface area contributed by atoms with Crippen molar-refractivity contribution >= 4 is 11.7 Å². The van der Waals surface area contributed by atoms with Crippen molar-refractivity contribution in [3.8, 4) is 0 Å². The number of carbonyl (C=O) groups is 1. The van der Waals surface area contributed by atoms with E-state index in [2.05, 4.69) is 5.16 Å². The minimum absolute atomic E-state index is 0.0964. The Bertz CT molecular complexity index is 303. The normalized spacial score (nSPS) is 17.6. The van der Waals surface area contributed by atoms with Gasteiger partial charge in [0.15, 0.2) is 0 Å². The molecule has 1 fully saturated rings. The first-order valence-electron chi connectivity index (χ1n) is 6.37. The SMILES string of the molecule is COC(C)CCC(=O)N(CCC(N)=NO)C1CC1. The Morgan fingerprint density at radius 2 is 2.22 bits per heavy atom. The van der Waals surface area contributed by atoms with Crippen LogP contribution in [0.1, 0.15) is 39.0 Å². The second kappa shape index (κ2) is 7.20. The molecule has 18 heavy (non-hydrogen) atoms. The third-order valence-corrected chi connectivity index (χ3v) is 3.21. The van der Waals surface area contributed by atoms with Gasteiger partial charge in [0.25, 0.3) is 0 Å². The summed E-state index contributed by atoms with van der Waals surface area (Å²) in [5.41, 5.74) is 5.43. The molecule has 0 aliphatic heterocycles. The van der Waals surface area contributed by atoms with Crippen molar-refractivity contribution in [2.24, 2.45) is 10.9 Å². The summed E-state index contributed by atoms with van der Waals surface area (Å²) in [6, 6.07) is 0.349. The van der Waals surface area contributed by atoms with Gasteiger partial charge >= 0.3 is 0 Å². The van der Waals surface area contributed by atoms with Crippen LogP contribution in [0, 0.1) is 0 Å². The number of ether oxygens (including phenoxy) is 1. The number of oxime groups is 1. The zero-order chi connectivity index (χ0) is 13.5. The molecule has 0 aromatic rings. The molecule has 6 nitrogen and oxygen atoms in total. The lowest BCUT2D eigenvalue weighted by atomic mass is 10.2. The molecule has 0 radical (unpaired) electrons. The Morgan fingerprint density at radius 1 is 1.56 bits per heavy atom. The van der Waals surface area contributed by atoms with Gasteiger partial charge in [0.05, 0.1) is 6.10 Å². The third-order valence-electron chi connectivity index (χ3n) is 3.21. The summed E-state index contributed by atoms with van der Waals surface area (Å²) in [5, 5.41) is 11.4. The first-order valence-corrected chi connectivity index (χ1v) is 6.37. The van der Waals surface area contributed by atoms with Gasteiger partial charge in [-0.3, -0.25) is 4.79 Å². The van der Waals surface area contributed by atoms with Crippen molar-refractivity contribution in [2.45, 2.75) is 51.2 Å². The number of amidine groups is 1. The fraction of sp³-hybridized carbons (Fsp3) is 0.833. The molecule has 3 N–H and O–H groups in total. The third kappa shape index (κ3) is 4.91. The van der Waals surface area contributed by atoms with Crippen LogP contribution in [0.3, 0.4) is 0 Å². The molecule has 0 bridgehead atoms. The van der Waals surface area contributed by atoms with Crippen molar-refractivity contribution in [2.75, 3.05) is 13.7 Å². The van der Waals surface area contributed by atoms with Crippen LogP contribution in [0.2, 0.25) is 0 Å². The number of hydrogen-bond acceptors (Lipinski definition) is 4. The van der Waals surface area contributed by atoms with E-state index in [-0.39, 0.29) is 17.8 Å². The Labute approximate surface area is 108 Å². The van der Waals surface area contributed by atoms with E-state index < -0.39 is 0 Å². The van der Waals surface area contributed by atoms with E-state index >= 15 is 0 Å².